The smallest absolute Gasteiger partial charge is 0.220 e. The lowest BCUT2D eigenvalue weighted by atomic mass is 9.95. The standard InChI is InChI=1S/C18H25N5O/c24-18(19-15-9-3-1-4-10-15)14-8-7-13-17-20-21-22-23(17)16-11-5-2-6-12-16/h2,5-6,11-12,15H,1,3-4,7-10,13-14H2,(H,19,24). The van der Waals surface area contributed by atoms with Gasteiger partial charge in [0.05, 0.1) is 5.69 Å². The average molecular weight is 327 g/mol. The van der Waals surface area contributed by atoms with Crippen molar-refractivity contribution in [3.8, 4) is 5.69 Å². The van der Waals surface area contributed by atoms with Gasteiger partial charge >= 0.3 is 0 Å². The van der Waals surface area contributed by atoms with E-state index >= 15 is 0 Å². The number of rotatable bonds is 7. The molecule has 6 heteroatoms. The highest BCUT2D eigenvalue weighted by atomic mass is 16.1. The van der Waals surface area contributed by atoms with E-state index in [9.17, 15) is 4.79 Å². The van der Waals surface area contributed by atoms with E-state index in [-0.39, 0.29) is 5.91 Å². The summed E-state index contributed by atoms with van der Waals surface area (Å²) in [6.45, 7) is 0. The minimum absolute atomic E-state index is 0.185. The van der Waals surface area contributed by atoms with E-state index in [1.54, 1.807) is 4.68 Å². The molecule has 0 aliphatic heterocycles. The first kappa shape index (κ1) is 16.6. The van der Waals surface area contributed by atoms with Crippen molar-refractivity contribution in [1.82, 2.24) is 25.5 Å². The Labute approximate surface area is 142 Å². The van der Waals surface area contributed by atoms with Crippen LogP contribution in [0.25, 0.3) is 5.69 Å². The lowest BCUT2D eigenvalue weighted by Gasteiger charge is -2.22. The summed E-state index contributed by atoms with van der Waals surface area (Å²) in [5.41, 5.74) is 0.965. The van der Waals surface area contributed by atoms with E-state index < -0.39 is 0 Å². The number of carbonyl (C=O) groups is 1. The van der Waals surface area contributed by atoms with Crippen molar-refractivity contribution >= 4 is 5.91 Å². The summed E-state index contributed by atoms with van der Waals surface area (Å²) in [7, 11) is 0. The van der Waals surface area contributed by atoms with Crippen LogP contribution in [-0.4, -0.2) is 32.2 Å². The lowest BCUT2D eigenvalue weighted by molar-refractivity contribution is -0.122. The molecule has 0 atom stereocenters. The molecule has 3 rings (SSSR count). The first-order valence-corrected chi connectivity index (χ1v) is 8.95. The second-order valence-corrected chi connectivity index (χ2v) is 6.45. The maximum atomic E-state index is 12.0. The molecule has 0 radical (unpaired) electrons. The Morgan fingerprint density at radius 3 is 2.71 bits per heavy atom. The molecule has 1 aliphatic carbocycles. The van der Waals surface area contributed by atoms with Crippen LogP contribution in [0.2, 0.25) is 0 Å². The van der Waals surface area contributed by atoms with Gasteiger partial charge in [0.1, 0.15) is 0 Å². The van der Waals surface area contributed by atoms with E-state index in [4.69, 9.17) is 0 Å². The first-order chi connectivity index (χ1) is 11.8. The number of aryl methyl sites for hydroxylation is 1. The molecule has 0 spiro atoms. The Bertz CT molecular complexity index is 634. The van der Waals surface area contributed by atoms with Gasteiger partial charge in [-0.15, -0.1) is 5.10 Å². The maximum absolute atomic E-state index is 12.0. The van der Waals surface area contributed by atoms with Crippen molar-refractivity contribution in [1.29, 1.82) is 0 Å². The number of nitrogens with one attached hydrogen (secondary N) is 1. The highest BCUT2D eigenvalue weighted by molar-refractivity contribution is 5.76. The van der Waals surface area contributed by atoms with Gasteiger partial charge in [-0.25, -0.2) is 0 Å². The van der Waals surface area contributed by atoms with Gasteiger partial charge in [0.25, 0.3) is 0 Å². The van der Waals surface area contributed by atoms with E-state index in [2.05, 4.69) is 20.8 Å². The molecule has 1 heterocycles. The third kappa shape index (κ3) is 4.63. The molecule has 24 heavy (non-hydrogen) atoms. The van der Waals surface area contributed by atoms with E-state index in [1.165, 1.54) is 19.3 Å². The summed E-state index contributed by atoms with van der Waals surface area (Å²) in [6, 6.07) is 10.3. The minimum Gasteiger partial charge on any atom is -0.353 e. The number of hydrogen-bond acceptors (Lipinski definition) is 4. The van der Waals surface area contributed by atoms with Gasteiger partial charge in [0, 0.05) is 18.9 Å². The number of tetrazole rings is 1. The number of carbonyl (C=O) groups excluding carboxylic acids is 1. The Kier molecular flexibility index (Phi) is 5.93. The van der Waals surface area contributed by atoms with Gasteiger partial charge in [-0.05, 0) is 48.2 Å². The van der Waals surface area contributed by atoms with Crippen LogP contribution in [0.3, 0.4) is 0 Å². The summed E-state index contributed by atoms with van der Waals surface area (Å²) in [6.07, 6.45) is 9.20. The summed E-state index contributed by atoms with van der Waals surface area (Å²) in [5.74, 6) is 1.03. The SMILES string of the molecule is O=C(CCCCc1nnnn1-c1ccccc1)NC1CCCCC1. The van der Waals surface area contributed by atoms with E-state index in [1.807, 2.05) is 30.3 Å². The zero-order valence-corrected chi connectivity index (χ0v) is 14.0. The van der Waals surface area contributed by atoms with Crippen LogP contribution < -0.4 is 5.32 Å². The summed E-state index contributed by atoms with van der Waals surface area (Å²) >= 11 is 0. The fourth-order valence-corrected chi connectivity index (χ4v) is 3.25. The molecule has 0 bridgehead atoms. The Balaban J connectivity index is 1.41. The van der Waals surface area contributed by atoms with Crippen molar-refractivity contribution in [2.75, 3.05) is 0 Å². The molecule has 1 aliphatic rings. The predicted octanol–water partition coefficient (Wildman–Crippen LogP) is 2.82. The molecule has 1 fully saturated rings. The molecule has 128 valence electrons. The Morgan fingerprint density at radius 1 is 1.12 bits per heavy atom. The highest BCUT2D eigenvalue weighted by Gasteiger charge is 2.15. The molecule has 1 aromatic heterocycles. The molecule has 0 saturated heterocycles. The van der Waals surface area contributed by atoms with E-state index in [0.29, 0.717) is 12.5 Å². The zero-order valence-electron chi connectivity index (χ0n) is 14.0. The van der Waals surface area contributed by atoms with Crippen LogP contribution in [0.5, 0.6) is 0 Å². The molecule has 1 aromatic carbocycles. The predicted molar refractivity (Wildman–Crippen MR) is 91.7 cm³/mol. The number of amides is 1. The van der Waals surface area contributed by atoms with Gasteiger partial charge in [0.15, 0.2) is 5.82 Å². The van der Waals surface area contributed by atoms with E-state index in [0.717, 1.165) is 43.6 Å². The van der Waals surface area contributed by atoms with Gasteiger partial charge in [-0.1, -0.05) is 37.5 Å². The molecule has 0 unspecified atom stereocenters. The summed E-state index contributed by atoms with van der Waals surface area (Å²) < 4.78 is 1.77. The number of hydrogen-bond donors (Lipinski definition) is 1. The molecule has 2 aromatic rings. The summed E-state index contributed by atoms with van der Waals surface area (Å²) in [5, 5.41) is 15.1. The second kappa shape index (κ2) is 8.57. The van der Waals surface area contributed by atoms with Crippen LogP contribution >= 0.6 is 0 Å². The molecule has 6 nitrogen and oxygen atoms in total. The highest BCUT2D eigenvalue weighted by Crippen LogP contribution is 2.17. The number of nitrogens with zero attached hydrogens (tertiary/aromatic N) is 4. The lowest BCUT2D eigenvalue weighted by Crippen LogP contribution is -2.35. The fraction of sp³-hybridized carbons (Fsp3) is 0.556. The number of para-hydroxylation sites is 1. The second-order valence-electron chi connectivity index (χ2n) is 6.45. The van der Waals surface area contributed by atoms with Crippen LogP contribution in [0.4, 0.5) is 0 Å². The van der Waals surface area contributed by atoms with Gasteiger partial charge in [0.2, 0.25) is 5.91 Å². The molecular formula is C18H25N5O. The normalized spacial score (nSPS) is 15.3. The molecule has 1 saturated carbocycles. The van der Waals surface area contributed by atoms with Crippen LogP contribution in [-0.2, 0) is 11.2 Å². The van der Waals surface area contributed by atoms with Crippen molar-refractivity contribution in [2.24, 2.45) is 0 Å². The van der Waals surface area contributed by atoms with Gasteiger partial charge in [-0.3, -0.25) is 4.79 Å². The fourth-order valence-electron chi connectivity index (χ4n) is 3.25. The van der Waals surface area contributed by atoms with Crippen molar-refractivity contribution in [2.45, 2.75) is 63.8 Å². The van der Waals surface area contributed by atoms with Gasteiger partial charge in [-0.2, -0.15) is 4.68 Å². The minimum atomic E-state index is 0.185. The zero-order chi connectivity index (χ0) is 16.6. The van der Waals surface area contributed by atoms with Crippen LogP contribution in [0.1, 0.15) is 57.2 Å². The number of unbranched alkanes of at least 4 members (excludes halogenated alkanes) is 1. The topological polar surface area (TPSA) is 72.7 Å². The maximum Gasteiger partial charge on any atom is 0.220 e. The van der Waals surface area contributed by atoms with Crippen molar-refractivity contribution in [3.05, 3.63) is 36.2 Å². The molecule has 1 N–H and O–H groups in total. The Hall–Kier alpha value is -2.24. The van der Waals surface area contributed by atoms with Crippen LogP contribution in [0.15, 0.2) is 30.3 Å². The number of aromatic nitrogens is 4. The quantitative estimate of drug-likeness (QED) is 0.794. The third-order valence-electron chi connectivity index (χ3n) is 4.56. The average Bonchev–Trinajstić information content (AvgIpc) is 3.09. The molecular weight excluding hydrogens is 302 g/mol. The van der Waals surface area contributed by atoms with Crippen LogP contribution in [0, 0.1) is 0 Å². The first-order valence-electron chi connectivity index (χ1n) is 8.95. The van der Waals surface area contributed by atoms with Crippen molar-refractivity contribution in [3.63, 3.8) is 0 Å². The van der Waals surface area contributed by atoms with Gasteiger partial charge < -0.3 is 5.32 Å². The largest absolute Gasteiger partial charge is 0.353 e. The Morgan fingerprint density at radius 2 is 1.92 bits per heavy atom. The third-order valence-corrected chi connectivity index (χ3v) is 4.56. The summed E-state index contributed by atoms with van der Waals surface area (Å²) in [4.78, 5) is 12.0. The monoisotopic (exact) mass is 327 g/mol. The van der Waals surface area contributed by atoms with Crippen molar-refractivity contribution < 1.29 is 4.79 Å². The number of benzene rings is 1. The molecule has 1 amide bonds.